The summed E-state index contributed by atoms with van der Waals surface area (Å²) in [6, 6.07) is 8.66. The molecule has 0 spiro atoms. The SMILES string of the molecule is CC(O)(Cc1cccc(C(F)(F)F)c1)c1cccs1. The molecule has 0 amide bonds. The van der Waals surface area contributed by atoms with Gasteiger partial charge in [0.25, 0.3) is 0 Å². The van der Waals surface area contributed by atoms with Gasteiger partial charge in [-0.25, -0.2) is 0 Å². The van der Waals surface area contributed by atoms with Crippen LogP contribution in [0.15, 0.2) is 41.8 Å². The summed E-state index contributed by atoms with van der Waals surface area (Å²) >= 11 is 1.39. The summed E-state index contributed by atoms with van der Waals surface area (Å²) in [5, 5.41) is 12.2. The fraction of sp³-hybridized carbons (Fsp3) is 0.286. The highest BCUT2D eigenvalue weighted by Gasteiger charge is 2.31. The molecule has 0 aliphatic carbocycles. The van der Waals surface area contributed by atoms with Crippen LogP contribution in [0, 0.1) is 0 Å². The van der Waals surface area contributed by atoms with E-state index in [4.69, 9.17) is 0 Å². The van der Waals surface area contributed by atoms with Crippen LogP contribution in [-0.2, 0) is 18.2 Å². The molecule has 0 saturated carbocycles. The zero-order valence-corrected chi connectivity index (χ0v) is 11.1. The Kier molecular flexibility index (Phi) is 3.69. The third kappa shape index (κ3) is 3.36. The van der Waals surface area contributed by atoms with Crippen molar-refractivity contribution in [1.29, 1.82) is 0 Å². The van der Waals surface area contributed by atoms with Gasteiger partial charge in [0.15, 0.2) is 0 Å². The molecular weight excluding hydrogens is 273 g/mol. The predicted octanol–water partition coefficient (Wildman–Crippen LogP) is 4.22. The molecule has 0 saturated heterocycles. The van der Waals surface area contributed by atoms with Gasteiger partial charge in [0.05, 0.1) is 11.2 Å². The first-order chi connectivity index (χ1) is 8.79. The van der Waals surface area contributed by atoms with Crippen LogP contribution in [-0.4, -0.2) is 5.11 Å². The summed E-state index contributed by atoms with van der Waals surface area (Å²) in [7, 11) is 0. The van der Waals surface area contributed by atoms with Crippen molar-refractivity contribution in [3.05, 3.63) is 57.8 Å². The Morgan fingerprint density at radius 3 is 2.47 bits per heavy atom. The van der Waals surface area contributed by atoms with Crippen LogP contribution in [0.1, 0.15) is 22.9 Å². The van der Waals surface area contributed by atoms with Crippen molar-refractivity contribution < 1.29 is 18.3 Å². The van der Waals surface area contributed by atoms with Gasteiger partial charge in [-0.15, -0.1) is 11.3 Å². The smallest absolute Gasteiger partial charge is 0.384 e. The van der Waals surface area contributed by atoms with E-state index in [1.807, 2.05) is 5.38 Å². The summed E-state index contributed by atoms with van der Waals surface area (Å²) in [4.78, 5) is 0.741. The highest BCUT2D eigenvalue weighted by atomic mass is 32.1. The molecular formula is C14H13F3OS. The van der Waals surface area contributed by atoms with Gasteiger partial charge in [0, 0.05) is 11.3 Å². The van der Waals surface area contributed by atoms with E-state index < -0.39 is 17.3 Å². The van der Waals surface area contributed by atoms with Crippen molar-refractivity contribution in [2.24, 2.45) is 0 Å². The summed E-state index contributed by atoms with van der Waals surface area (Å²) in [6.07, 6.45) is -4.21. The molecule has 1 aromatic heterocycles. The van der Waals surface area contributed by atoms with E-state index in [0.717, 1.165) is 17.0 Å². The molecule has 0 aliphatic heterocycles. The van der Waals surface area contributed by atoms with Crippen LogP contribution in [0.3, 0.4) is 0 Å². The minimum atomic E-state index is -4.36. The number of hydrogen-bond donors (Lipinski definition) is 1. The van der Waals surface area contributed by atoms with Crippen LogP contribution in [0.5, 0.6) is 0 Å². The second-order valence-electron chi connectivity index (χ2n) is 4.63. The van der Waals surface area contributed by atoms with Gasteiger partial charge in [-0.05, 0) is 30.0 Å². The summed E-state index contributed by atoms with van der Waals surface area (Å²) in [5.41, 5.74) is -1.38. The number of aliphatic hydroxyl groups is 1. The average molecular weight is 286 g/mol. The first-order valence-corrected chi connectivity index (χ1v) is 6.59. The summed E-state index contributed by atoms with van der Waals surface area (Å²) in [5.74, 6) is 0. The lowest BCUT2D eigenvalue weighted by molar-refractivity contribution is -0.137. The van der Waals surface area contributed by atoms with Gasteiger partial charge >= 0.3 is 6.18 Å². The molecule has 0 bridgehead atoms. The molecule has 1 unspecified atom stereocenters. The maximum absolute atomic E-state index is 12.6. The molecule has 102 valence electrons. The zero-order chi connectivity index (χ0) is 14.1. The highest BCUT2D eigenvalue weighted by Crippen LogP contribution is 2.32. The summed E-state index contributed by atoms with van der Waals surface area (Å²) < 4.78 is 37.8. The van der Waals surface area contributed by atoms with Crippen LogP contribution in [0.2, 0.25) is 0 Å². The normalized spacial score (nSPS) is 15.2. The van der Waals surface area contributed by atoms with Gasteiger partial charge in [-0.3, -0.25) is 0 Å². The van der Waals surface area contributed by atoms with E-state index in [0.29, 0.717) is 5.56 Å². The number of thiophene rings is 1. The minimum absolute atomic E-state index is 0.150. The Labute approximate surface area is 113 Å². The van der Waals surface area contributed by atoms with E-state index in [1.54, 1.807) is 25.1 Å². The van der Waals surface area contributed by atoms with Crippen molar-refractivity contribution in [3.8, 4) is 0 Å². The van der Waals surface area contributed by atoms with Crippen LogP contribution >= 0.6 is 11.3 Å². The number of alkyl halides is 3. The largest absolute Gasteiger partial charge is 0.416 e. The number of rotatable bonds is 3. The fourth-order valence-corrected chi connectivity index (χ4v) is 2.71. The van der Waals surface area contributed by atoms with Crippen molar-refractivity contribution in [3.63, 3.8) is 0 Å². The third-order valence-electron chi connectivity index (χ3n) is 2.85. The summed E-state index contributed by atoms with van der Waals surface area (Å²) in [6.45, 7) is 1.61. The van der Waals surface area contributed by atoms with Crippen molar-refractivity contribution in [2.45, 2.75) is 25.1 Å². The maximum Gasteiger partial charge on any atom is 0.416 e. The van der Waals surface area contributed by atoms with E-state index in [-0.39, 0.29) is 6.42 Å². The molecule has 19 heavy (non-hydrogen) atoms. The van der Waals surface area contributed by atoms with Crippen LogP contribution < -0.4 is 0 Å². The monoisotopic (exact) mass is 286 g/mol. The van der Waals surface area contributed by atoms with E-state index in [1.165, 1.54) is 17.4 Å². The van der Waals surface area contributed by atoms with Gasteiger partial charge in [-0.1, -0.05) is 24.3 Å². The molecule has 5 heteroatoms. The molecule has 0 radical (unpaired) electrons. The number of halogens is 3. The first-order valence-electron chi connectivity index (χ1n) is 5.71. The van der Waals surface area contributed by atoms with Crippen molar-refractivity contribution in [1.82, 2.24) is 0 Å². The van der Waals surface area contributed by atoms with Gasteiger partial charge in [0.2, 0.25) is 0 Å². The Hall–Kier alpha value is -1.33. The lowest BCUT2D eigenvalue weighted by Gasteiger charge is -2.22. The van der Waals surface area contributed by atoms with Crippen molar-refractivity contribution in [2.75, 3.05) is 0 Å². The lowest BCUT2D eigenvalue weighted by Crippen LogP contribution is -2.23. The first kappa shape index (κ1) is 14.1. The molecule has 2 rings (SSSR count). The molecule has 1 aromatic carbocycles. The molecule has 0 aliphatic rings. The third-order valence-corrected chi connectivity index (χ3v) is 3.98. The topological polar surface area (TPSA) is 20.2 Å². The molecule has 2 aromatic rings. The standard InChI is InChI=1S/C14H13F3OS/c1-13(18,12-6-3-7-19-12)9-10-4-2-5-11(8-10)14(15,16)17/h2-8,18H,9H2,1H3. The Morgan fingerprint density at radius 1 is 1.16 bits per heavy atom. The highest BCUT2D eigenvalue weighted by molar-refractivity contribution is 7.10. The van der Waals surface area contributed by atoms with Crippen molar-refractivity contribution >= 4 is 11.3 Å². The quantitative estimate of drug-likeness (QED) is 0.895. The number of hydrogen-bond acceptors (Lipinski definition) is 2. The lowest BCUT2D eigenvalue weighted by atomic mass is 9.94. The second kappa shape index (κ2) is 4.98. The zero-order valence-electron chi connectivity index (χ0n) is 10.2. The van der Waals surface area contributed by atoms with Gasteiger partial charge in [-0.2, -0.15) is 13.2 Å². The Balaban J connectivity index is 2.25. The molecule has 1 atom stereocenters. The Morgan fingerprint density at radius 2 is 1.89 bits per heavy atom. The maximum atomic E-state index is 12.6. The molecule has 1 nitrogen and oxygen atoms in total. The minimum Gasteiger partial charge on any atom is -0.384 e. The Bertz CT molecular complexity index is 544. The van der Waals surface area contributed by atoms with Gasteiger partial charge < -0.3 is 5.11 Å². The predicted molar refractivity (Wildman–Crippen MR) is 69.0 cm³/mol. The van der Waals surface area contributed by atoms with E-state index in [2.05, 4.69) is 0 Å². The molecule has 0 fully saturated rings. The van der Waals surface area contributed by atoms with E-state index in [9.17, 15) is 18.3 Å². The van der Waals surface area contributed by atoms with Crippen LogP contribution in [0.25, 0.3) is 0 Å². The second-order valence-corrected chi connectivity index (χ2v) is 5.57. The molecule has 1 N–H and O–H groups in total. The average Bonchev–Trinajstić information content (AvgIpc) is 2.81. The number of benzene rings is 1. The molecule has 1 heterocycles. The fourth-order valence-electron chi connectivity index (χ4n) is 1.93. The van der Waals surface area contributed by atoms with E-state index >= 15 is 0 Å². The van der Waals surface area contributed by atoms with Gasteiger partial charge in [0.1, 0.15) is 0 Å². The van der Waals surface area contributed by atoms with Crippen LogP contribution in [0.4, 0.5) is 13.2 Å².